The average molecular weight is 353 g/mol. The van der Waals surface area contributed by atoms with E-state index in [2.05, 4.69) is 5.32 Å². The first-order valence-electron chi connectivity index (χ1n) is 8.64. The van der Waals surface area contributed by atoms with Crippen LogP contribution in [0.5, 0.6) is 5.75 Å². The molecule has 3 aliphatic heterocycles. The van der Waals surface area contributed by atoms with Crippen LogP contribution in [0.3, 0.4) is 0 Å². The van der Waals surface area contributed by atoms with Gasteiger partial charge in [0.05, 0.1) is 6.10 Å². The minimum Gasteiger partial charge on any atom is -0.491 e. The molecule has 24 heavy (non-hydrogen) atoms. The fraction of sp³-hybridized carbons (Fsp3) is 0.611. The quantitative estimate of drug-likeness (QED) is 0.900. The number of nitrogens with zero attached hydrogens (tertiary/aromatic N) is 1. The van der Waals surface area contributed by atoms with Gasteiger partial charge in [-0.3, -0.25) is 4.79 Å². The zero-order valence-electron chi connectivity index (χ0n) is 13.8. The Balaban J connectivity index is 0.00000169. The molecule has 132 valence electrons. The van der Waals surface area contributed by atoms with Crippen molar-refractivity contribution in [3.8, 4) is 5.75 Å². The van der Waals surface area contributed by atoms with E-state index in [-0.39, 0.29) is 24.4 Å². The second kappa shape index (κ2) is 7.72. The van der Waals surface area contributed by atoms with Crippen molar-refractivity contribution in [1.29, 1.82) is 0 Å². The summed E-state index contributed by atoms with van der Waals surface area (Å²) in [5.41, 5.74) is 0.725. The summed E-state index contributed by atoms with van der Waals surface area (Å²) in [6.45, 7) is 5.23. The number of ether oxygens (including phenoxy) is 2. The summed E-state index contributed by atoms with van der Waals surface area (Å²) in [6, 6.07) is 7.56. The van der Waals surface area contributed by atoms with Crippen LogP contribution in [0.15, 0.2) is 24.3 Å². The van der Waals surface area contributed by atoms with Gasteiger partial charge in [0, 0.05) is 38.3 Å². The second-order valence-corrected chi connectivity index (χ2v) is 6.86. The van der Waals surface area contributed by atoms with Crippen LogP contribution in [0.1, 0.15) is 23.2 Å². The van der Waals surface area contributed by atoms with Gasteiger partial charge in [0.2, 0.25) is 0 Å². The number of carbonyl (C=O) groups excluding carboxylic acids is 1. The third-order valence-corrected chi connectivity index (χ3v) is 5.22. The summed E-state index contributed by atoms with van der Waals surface area (Å²) in [6.07, 6.45) is 2.36. The van der Waals surface area contributed by atoms with Crippen molar-refractivity contribution < 1.29 is 14.3 Å². The van der Waals surface area contributed by atoms with Gasteiger partial charge >= 0.3 is 0 Å². The maximum atomic E-state index is 12.7. The first-order valence-corrected chi connectivity index (χ1v) is 8.64. The molecule has 3 fully saturated rings. The summed E-state index contributed by atoms with van der Waals surface area (Å²) >= 11 is 0. The van der Waals surface area contributed by atoms with Crippen LogP contribution in [0, 0.1) is 11.8 Å². The number of fused-ring (bicyclic) bond motifs is 1. The molecule has 3 saturated heterocycles. The molecule has 1 aromatic carbocycles. The topological polar surface area (TPSA) is 50.8 Å². The number of likely N-dealkylation sites (tertiary alicyclic amines) is 1. The molecular weight excluding hydrogens is 328 g/mol. The third kappa shape index (κ3) is 3.68. The highest BCUT2D eigenvalue weighted by molar-refractivity contribution is 5.94. The van der Waals surface area contributed by atoms with Crippen molar-refractivity contribution in [2.45, 2.75) is 18.9 Å². The molecule has 5 nitrogen and oxygen atoms in total. The number of hydrogen-bond donors (Lipinski definition) is 1. The van der Waals surface area contributed by atoms with Gasteiger partial charge in [0.1, 0.15) is 12.4 Å². The van der Waals surface area contributed by atoms with Crippen molar-refractivity contribution in [3.05, 3.63) is 29.8 Å². The Hall–Kier alpha value is -1.30. The number of rotatable bonds is 4. The Kier molecular flexibility index (Phi) is 5.64. The van der Waals surface area contributed by atoms with Crippen molar-refractivity contribution in [1.82, 2.24) is 10.2 Å². The molecule has 0 radical (unpaired) electrons. The number of hydrogen-bond acceptors (Lipinski definition) is 4. The van der Waals surface area contributed by atoms with E-state index >= 15 is 0 Å². The van der Waals surface area contributed by atoms with E-state index in [9.17, 15) is 4.79 Å². The third-order valence-electron chi connectivity index (χ3n) is 5.22. The Morgan fingerprint density at radius 2 is 2.08 bits per heavy atom. The summed E-state index contributed by atoms with van der Waals surface area (Å²) in [7, 11) is 0. The SMILES string of the molecule is Cl.O=C(c1cccc(OCC2CCCO2)c1)N1C[C@H]2CNC[C@H]2C1. The van der Waals surface area contributed by atoms with Gasteiger partial charge in [-0.2, -0.15) is 0 Å². The monoisotopic (exact) mass is 352 g/mol. The molecule has 0 aromatic heterocycles. The van der Waals surface area contributed by atoms with E-state index in [4.69, 9.17) is 9.47 Å². The molecule has 3 aliphatic rings. The predicted molar refractivity (Wildman–Crippen MR) is 93.9 cm³/mol. The lowest BCUT2D eigenvalue weighted by molar-refractivity contribution is 0.0678. The van der Waals surface area contributed by atoms with Crippen LogP contribution in [0.2, 0.25) is 0 Å². The normalized spacial score (nSPS) is 28.5. The number of benzene rings is 1. The van der Waals surface area contributed by atoms with Crippen LogP contribution < -0.4 is 10.1 Å². The molecule has 0 aliphatic carbocycles. The largest absolute Gasteiger partial charge is 0.491 e. The molecule has 3 heterocycles. The van der Waals surface area contributed by atoms with E-state index in [1.807, 2.05) is 29.2 Å². The lowest BCUT2D eigenvalue weighted by atomic mass is 10.0. The van der Waals surface area contributed by atoms with Gasteiger partial charge in [-0.15, -0.1) is 12.4 Å². The molecule has 0 saturated carbocycles. The molecule has 1 unspecified atom stereocenters. The van der Waals surface area contributed by atoms with E-state index in [0.717, 1.165) is 56.9 Å². The van der Waals surface area contributed by atoms with Crippen molar-refractivity contribution in [3.63, 3.8) is 0 Å². The van der Waals surface area contributed by atoms with Crippen LogP contribution >= 0.6 is 12.4 Å². The van der Waals surface area contributed by atoms with Gasteiger partial charge in [-0.1, -0.05) is 6.07 Å². The lowest BCUT2D eigenvalue weighted by Crippen LogP contribution is -2.31. The van der Waals surface area contributed by atoms with E-state index in [1.165, 1.54) is 0 Å². The number of carbonyl (C=O) groups is 1. The van der Waals surface area contributed by atoms with E-state index in [0.29, 0.717) is 18.4 Å². The molecule has 1 amide bonds. The van der Waals surface area contributed by atoms with Gasteiger partial charge in [-0.25, -0.2) is 0 Å². The first-order chi connectivity index (χ1) is 11.3. The second-order valence-electron chi connectivity index (χ2n) is 6.86. The zero-order chi connectivity index (χ0) is 15.6. The summed E-state index contributed by atoms with van der Waals surface area (Å²) in [5, 5.41) is 3.41. The minimum atomic E-state index is 0. The van der Waals surface area contributed by atoms with E-state index in [1.54, 1.807) is 0 Å². The maximum Gasteiger partial charge on any atom is 0.254 e. The first kappa shape index (κ1) is 17.5. The van der Waals surface area contributed by atoms with Crippen molar-refractivity contribution >= 4 is 18.3 Å². The molecule has 1 aromatic rings. The van der Waals surface area contributed by atoms with Crippen LogP contribution in [0.4, 0.5) is 0 Å². The molecule has 1 N–H and O–H groups in total. The van der Waals surface area contributed by atoms with Gasteiger partial charge < -0.3 is 19.7 Å². The van der Waals surface area contributed by atoms with Crippen molar-refractivity contribution in [2.75, 3.05) is 39.4 Å². The Morgan fingerprint density at radius 3 is 2.79 bits per heavy atom. The molecule has 3 atom stereocenters. The summed E-state index contributed by atoms with van der Waals surface area (Å²) < 4.78 is 11.4. The van der Waals surface area contributed by atoms with Crippen molar-refractivity contribution in [2.24, 2.45) is 11.8 Å². The molecular formula is C18H25ClN2O3. The number of nitrogens with one attached hydrogen (secondary N) is 1. The average Bonchev–Trinajstić information content (AvgIpc) is 3.29. The van der Waals surface area contributed by atoms with Gasteiger partial charge in [0.25, 0.3) is 5.91 Å². The highest BCUT2D eigenvalue weighted by Gasteiger charge is 2.38. The Bertz CT molecular complexity index is 565. The fourth-order valence-electron chi connectivity index (χ4n) is 3.89. The molecule has 0 bridgehead atoms. The molecule has 0 spiro atoms. The standard InChI is InChI=1S/C18H24N2O3.ClH/c21-18(20-10-14-8-19-9-15(14)11-20)13-3-1-4-16(7-13)23-12-17-5-2-6-22-17;/h1,3-4,7,14-15,17,19H,2,5-6,8-12H2;1H/t14-,15+,17?;. The zero-order valence-corrected chi connectivity index (χ0v) is 14.6. The molecule has 4 rings (SSSR count). The predicted octanol–water partition coefficient (Wildman–Crippen LogP) is 1.96. The maximum absolute atomic E-state index is 12.7. The summed E-state index contributed by atoms with van der Waals surface area (Å²) in [5.74, 6) is 2.13. The van der Waals surface area contributed by atoms with Crippen LogP contribution in [-0.2, 0) is 4.74 Å². The summed E-state index contributed by atoms with van der Waals surface area (Å²) in [4.78, 5) is 14.7. The number of amides is 1. The van der Waals surface area contributed by atoms with Gasteiger partial charge in [0.15, 0.2) is 0 Å². The van der Waals surface area contributed by atoms with Gasteiger partial charge in [-0.05, 0) is 42.9 Å². The van der Waals surface area contributed by atoms with Crippen LogP contribution in [-0.4, -0.2) is 56.3 Å². The van der Waals surface area contributed by atoms with Crippen LogP contribution in [0.25, 0.3) is 0 Å². The number of halogens is 1. The highest BCUT2D eigenvalue weighted by Crippen LogP contribution is 2.28. The molecule has 6 heteroatoms. The highest BCUT2D eigenvalue weighted by atomic mass is 35.5. The Morgan fingerprint density at radius 1 is 1.29 bits per heavy atom. The Labute approximate surface area is 149 Å². The minimum absolute atomic E-state index is 0. The lowest BCUT2D eigenvalue weighted by Gasteiger charge is -2.18. The smallest absolute Gasteiger partial charge is 0.254 e. The fourth-order valence-corrected chi connectivity index (χ4v) is 3.89. The van der Waals surface area contributed by atoms with E-state index < -0.39 is 0 Å².